The van der Waals surface area contributed by atoms with Gasteiger partial charge in [0.15, 0.2) is 0 Å². The normalized spacial score (nSPS) is 22.9. The summed E-state index contributed by atoms with van der Waals surface area (Å²) >= 11 is 0. The Labute approximate surface area is 356 Å². The van der Waals surface area contributed by atoms with E-state index in [9.17, 15) is 39.8 Å². The van der Waals surface area contributed by atoms with Crippen LogP contribution in [0.3, 0.4) is 0 Å². The number of allylic oxidation sites excluding steroid dienone is 8. The topological polar surface area (TPSA) is 192 Å². The van der Waals surface area contributed by atoms with Crippen LogP contribution < -0.4 is 0 Å². The van der Waals surface area contributed by atoms with Crippen molar-refractivity contribution < 1.29 is 58.3 Å². The number of aliphatic hydroxyl groups is 5. The zero-order valence-electron chi connectivity index (χ0n) is 36.5. The summed E-state index contributed by atoms with van der Waals surface area (Å²) in [6, 6.07) is 0. The van der Waals surface area contributed by atoms with Crippen molar-refractivity contribution in [2.75, 3.05) is 19.8 Å². The minimum Gasteiger partial charge on any atom is -0.457 e. The molecule has 6 atom stereocenters. The van der Waals surface area contributed by atoms with E-state index >= 15 is 0 Å². The molecule has 6 N–H and O–H groups in total. The quantitative estimate of drug-likeness (QED) is 0.0150. The van der Waals surface area contributed by atoms with Gasteiger partial charge in [-0.3, -0.25) is 13.8 Å². The van der Waals surface area contributed by atoms with Crippen LogP contribution in [0.2, 0.25) is 0 Å². The summed E-state index contributed by atoms with van der Waals surface area (Å²) in [7, 11) is -5.02. The van der Waals surface area contributed by atoms with Crippen molar-refractivity contribution in [1.29, 1.82) is 0 Å². The molecular weight excluding hydrogens is 775 g/mol. The molecule has 12 nitrogen and oxygen atoms in total. The van der Waals surface area contributed by atoms with Gasteiger partial charge in [-0.25, -0.2) is 4.57 Å². The number of hydrogen-bond donors (Lipinski definition) is 6. The minimum absolute atomic E-state index is 0.0860. The third-order valence-electron chi connectivity index (χ3n) is 10.4. The zero-order valence-corrected chi connectivity index (χ0v) is 37.4. The number of rotatable bonds is 38. The van der Waals surface area contributed by atoms with E-state index in [1.807, 2.05) is 0 Å². The molecule has 13 heteroatoms. The Morgan fingerprint density at radius 2 is 1.00 bits per heavy atom. The second-order valence-corrected chi connectivity index (χ2v) is 17.3. The summed E-state index contributed by atoms with van der Waals surface area (Å²) in [5, 5.41) is 50.2. The molecule has 0 saturated heterocycles. The fraction of sp³-hybridized carbons (Fsp3) is 0.804. The number of hydrogen-bond acceptors (Lipinski definition) is 11. The van der Waals surface area contributed by atoms with Crippen molar-refractivity contribution in [2.45, 2.75) is 217 Å². The van der Waals surface area contributed by atoms with Crippen molar-refractivity contribution in [3.63, 3.8) is 0 Å². The molecule has 59 heavy (non-hydrogen) atoms. The molecule has 1 fully saturated rings. The van der Waals surface area contributed by atoms with Crippen LogP contribution in [0.15, 0.2) is 48.6 Å². The lowest BCUT2D eigenvalue weighted by Crippen LogP contribution is -2.64. The highest BCUT2D eigenvalue weighted by atomic mass is 31.2. The summed E-state index contributed by atoms with van der Waals surface area (Å²) < 4.78 is 34.2. The average molecular weight is 859 g/mol. The molecule has 0 amide bonds. The molecule has 344 valence electrons. The molecule has 1 saturated carbocycles. The van der Waals surface area contributed by atoms with Gasteiger partial charge in [0.05, 0.1) is 13.2 Å². The summed E-state index contributed by atoms with van der Waals surface area (Å²) in [5.74, 6) is -0.490. The maximum atomic E-state index is 12.8. The van der Waals surface area contributed by atoms with Crippen LogP contribution >= 0.6 is 7.82 Å². The average Bonchev–Trinajstić information content (AvgIpc) is 3.22. The van der Waals surface area contributed by atoms with Gasteiger partial charge in [0.2, 0.25) is 0 Å². The smallest absolute Gasteiger partial charge is 0.457 e. The van der Waals surface area contributed by atoms with Crippen LogP contribution in [0.1, 0.15) is 174 Å². The summed E-state index contributed by atoms with van der Waals surface area (Å²) in [4.78, 5) is 23.1. The van der Waals surface area contributed by atoms with Gasteiger partial charge >= 0.3 is 13.8 Å². The number of phosphoric ester groups is 1. The van der Waals surface area contributed by atoms with Gasteiger partial charge in [-0.05, 0) is 70.6 Å². The number of esters is 1. The van der Waals surface area contributed by atoms with E-state index < -0.39 is 63.1 Å². The van der Waals surface area contributed by atoms with Gasteiger partial charge < -0.3 is 39.9 Å². The molecule has 1 aliphatic carbocycles. The largest absolute Gasteiger partial charge is 0.472 e. The second-order valence-electron chi connectivity index (χ2n) is 15.9. The van der Waals surface area contributed by atoms with Crippen LogP contribution in [-0.4, -0.2) is 98.9 Å². The Bertz CT molecular complexity index is 1160. The van der Waals surface area contributed by atoms with Crippen molar-refractivity contribution in [1.82, 2.24) is 0 Å². The van der Waals surface area contributed by atoms with E-state index in [2.05, 4.69) is 62.5 Å². The first-order chi connectivity index (χ1) is 28.5. The number of aliphatic hydroxyl groups excluding tert-OH is 5. The Balaban J connectivity index is 2.40. The first kappa shape index (κ1) is 55.3. The van der Waals surface area contributed by atoms with E-state index in [1.54, 1.807) is 0 Å². The molecule has 0 aromatic rings. The fourth-order valence-corrected chi connectivity index (χ4v) is 7.75. The van der Waals surface area contributed by atoms with Crippen molar-refractivity contribution in [2.24, 2.45) is 0 Å². The molecule has 0 spiro atoms. The van der Waals surface area contributed by atoms with Crippen LogP contribution in [0.5, 0.6) is 0 Å². The molecule has 0 radical (unpaired) electrons. The van der Waals surface area contributed by atoms with Crippen LogP contribution in [-0.2, 0) is 27.9 Å². The van der Waals surface area contributed by atoms with Gasteiger partial charge in [0.25, 0.3) is 0 Å². The lowest BCUT2D eigenvalue weighted by Gasteiger charge is -2.41. The zero-order chi connectivity index (χ0) is 43.4. The highest BCUT2D eigenvalue weighted by Gasteiger charge is 2.51. The highest BCUT2D eigenvalue weighted by Crippen LogP contribution is 2.47. The maximum absolute atomic E-state index is 12.8. The molecule has 0 aromatic heterocycles. The van der Waals surface area contributed by atoms with E-state index in [-0.39, 0.29) is 13.0 Å². The Hall–Kier alpha value is -1.70. The predicted molar refractivity (Wildman–Crippen MR) is 235 cm³/mol. The molecule has 0 aromatic carbocycles. The summed E-state index contributed by atoms with van der Waals surface area (Å²) in [5.41, 5.74) is 0. The van der Waals surface area contributed by atoms with E-state index in [0.717, 1.165) is 89.9 Å². The molecule has 0 bridgehead atoms. The van der Waals surface area contributed by atoms with Crippen LogP contribution in [0.25, 0.3) is 0 Å². The molecule has 0 heterocycles. The number of unbranched alkanes of at least 4 members (excludes halogenated alkanes) is 18. The molecule has 6 unspecified atom stereocenters. The first-order valence-electron chi connectivity index (χ1n) is 23.0. The van der Waals surface area contributed by atoms with Gasteiger partial charge in [-0.15, -0.1) is 0 Å². The standard InChI is InChI=1S/C46H83O12P/c1-3-5-7-9-11-13-15-17-19-20-21-22-24-26-28-30-32-34-36-55-37-39(38-56-59(53,54)58-46-44(51)42(49)41(48)43(50)45(46)52)57-40(47)35-33-31-29-27-25-23-18-16-14-12-10-8-6-4-2/h5,7,11,13,16-19,39,41-46,48-52H,3-4,6,8-10,12,14-15,20-38H2,1-2H3,(H,53,54)/b7-5-,13-11-,18-16-,19-17-. The maximum Gasteiger partial charge on any atom is 0.472 e. The Kier molecular flexibility index (Phi) is 34.6. The predicted octanol–water partition coefficient (Wildman–Crippen LogP) is 9.25. The first-order valence-corrected chi connectivity index (χ1v) is 24.5. The Morgan fingerprint density at radius 3 is 1.54 bits per heavy atom. The Morgan fingerprint density at radius 1 is 0.559 bits per heavy atom. The monoisotopic (exact) mass is 859 g/mol. The summed E-state index contributed by atoms with van der Waals surface area (Å²) in [6.07, 6.45) is 31.8. The molecule has 1 aliphatic rings. The fourth-order valence-electron chi connectivity index (χ4n) is 6.78. The van der Waals surface area contributed by atoms with Gasteiger partial charge in [0.1, 0.15) is 42.7 Å². The lowest BCUT2D eigenvalue weighted by atomic mass is 9.85. The van der Waals surface area contributed by atoms with Crippen molar-refractivity contribution >= 4 is 13.8 Å². The highest BCUT2D eigenvalue weighted by molar-refractivity contribution is 7.47. The van der Waals surface area contributed by atoms with Gasteiger partial charge in [-0.2, -0.15) is 0 Å². The third-order valence-corrected chi connectivity index (χ3v) is 11.4. The summed E-state index contributed by atoms with van der Waals surface area (Å²) in [6.45, 7) is 4.11. The minimum atomic E-state index is -5.02. The van der Waals surface area contributed by atoms with E-state index in [0.29, 0.717) is 13.0 Å². The lowest BCUT2D eigenvalue weighted by molar-refractivity contribution is -0.220. The van der Waals surface area contributed by atoms with E-state index in [1.165, 1.54) is 57.8 Å². The third kappa shape index (κ3) is 29.3. The second kappa shape index (κ2) is 36.9. The molecule has 0 aliphatic heterocycles. The van der Waals surface area contributed by atoms with Crippen molar-refractivity contribution in [3.05, 3.63) is 48.6 Å². The SMILES string of the molecule is CC/C=C\C/C=C\C/C=C\CCCCCCCCCCOCC(COP(=O)(O)OC1C(O)C(O)C(O)C(O)C1O)OC(=O)CCCCCCC/C=C\CCCCCCC. The van der Waals surface area contributed by atoms with Crippen molar-refractivity contribution in [3.8, 4) is 0 Å². The number of carbonyl (C=O) groups excluding carboxylic acids is 1. The number of carbonyl (C=O) groups is 1. The molecule has 1 rings (SSSR count). The van der Waals surface area contributed by atoms with Gasteiger partial charge in [-0.1, -0.05) is 146 Å². The van der Waals surface area contributed by atoms with Crippen LogP contribution in [0, 0.1) is 0 Å². The van der Waals surface area contributed by atoms with Gasteiger partial charge in [0, 0.05) is 13.0 Å². The number of ether oxygens (including phenoxy) is 2. The van der Waals surface area contributed by atoms with E-state index in [4.69, 9.17) is 18.5 Å². The molecular formula is C46H83O12P. The van der Waals surface area contributed by atoms with Crippen LogP contribution in [0.4, 0.5) is 0 Å². The number of phosphoric acid groups is 1.